The summed E-state index contributed by atoms with van der Waals surface area (Å²) in [6.45, 7) is 1.16. The van der Waals surface area contributed by atoms with Crippen molar-refractivity contribution in [2.45, 2.75) is 6.54 Å². The number of benzene rings is 1. The van der Waals surface area contributed by atoms with Crippen LogP contribution in [0.1, 0.15) is 16.1 Å². The van der Waals surface area contributed by atoms with Gasteiger partial charge in [0.05, 0.1) is 30.9 Å². The Morgan fingerprint density at radius 3 is 2.54 bits per heavy atom. The van der Waals surface area contributed by atoms with Crippen LogP contribution in [0.5, 0.6) is 0 Å². The number of para-hydroxylation sites is 1. The highest BCUT2D eigenvalue weighted by Crippen LogP contribution is 2.28. The maximum atomic E-state index is 12.1. The fraction of sp³-hybridized carbons (Fsp3) is 0.267. The predicted octanol–water partition coefficient (Wildman–Crippen LogP) is 0.961. The molecule has 1 aromatic heterocycles. The van der Waals surface area contributed by atoms with Crippen molar-refractivity contribution in [2.24, 2.45) is 0 Å². The van der Waals surface area contributed by atoms with Gasteiger partial charge in [-0.15, -0.1) is 0 Å². The van der Waals surface area contributed by atoms with Gasteiger partial charge in [0.15, 0.2) is 5.69 Å². The topological polar surface area (TPSA) is 104 Å². The van der Waals surface area contributed by atoms with Crippen molar-refractivity contribution < 1.29 is 18.3 Å². The summed E-state index contributed by atoms with van der Waals surface area (Å²) < 4.78 is 25.5. The molecule has 0 aliphatic carbocycles. The Bertz CT molecular complexity index is 867. The number of aromatic carboxylic acids is 1. The van der Waals surface area contributed by atoms with Crippen molar-refractivity contribution in [3.8, 4) is 0 Å². The highest BCUT2D eigenvalue weighted by Gasteiger charge is 2.26. The summed E-state index contributed by atoms with van der Waals surface area (Å²) in [7, 11) is -3.39. The van der Waals surface area contributed by atoms with Gasteiger partial charge in [-0.1, -0.05) is 18.2 Å². The summed E-state index contributed by atoms with van der Waals surface area (Å²) in [6, 6.07) is 7.29. The molecule has 2 aromatic rings. The molecule has 0 atom stereocenters. The second-order valence-corrected chi connectivity index (χ2v) is 7.36. The van der Waals surface area contributed by atoms with E-state index in [1.807, 2.05) is 17.0 Å². The SMILES string of the molecule is CS(=O)(=O)N1CCN(c2cnc(C(=O)O)cn2)Cc2ccccc21. The fourth-order valence-electron chi connectivity index (χ4n) is 2.64. The molecule has 1 aromatic carbocycles. The molecule has 0 saturated carbocycles. The standard InChI is InChI=1S/C15H16N4O4S/c1-24(22,23)19-7-6-18(10-11-4-2-3-5-13(11)19)14-9-16-12(8-17-14)15(20)21/h2-5,8-9H,6-7,10H2,1H3,(H,20,21). The smallest absolute Gasteiger partial charge is 0.356 e. The first-order chi connectivity index (χ1) is 11.4. The Labute approximate surface area is 139 Å². The van der Waals surface area contributed by atoms with E-state index in [0.717, 1.165) is 5.56 Å². The molecular formula is C15H16N4O4S. The Kier molecular flexibility index (Phi) is 4.10. The van der Waals surface area contributed by atoms with Gasteiger partial charge in [0.1, 0.15) is 5.82 Å². The molecule has 1 aliphatic rings. The van der Waals surface area contributed by atoms with Gasteiger partial charge in [-0.2, -0.15) is 0 Å². The van der Waals surface area contributed by atoms with Crippen molar-refractivity contribution in [1.82, 2.24) is 9.97 Å². The van der Waals surface area contributed by atoms with Crippen molar-refractivity contribution in [2.75, 3.05) is 28.6 Å². The van der Waals surface area contributed by atoms with Crippen molar-refractivity contribution in [3.05, 3.63) is 47.9 Å². The third kappa shape index (κ3) is 3.16. The Hall–Kier alpha value is -2.68. The van der Waals surface area contributed by atoms with Crippen LogP contribution in [0.4, 0.5) is 11.5 Å². The van der Waals surface area contributed by atoms with Crippen molar-refractivity contribution in [1.29, 1.82) is 0 Å². The van der Waals surface area contributed by atoms with E-state index < -0.39 is 16.0 Å². The number of aromatic nitrogens is 2. The summed E-state index contributed by atoms with van der Waals surface area (Å²) in [4.78, 5) is 20.8. The quantitative estimate of drug-likeness (QED) is 0.881. The van der Waals surface area contributed by atoms with Crippen LogP contribution in [-0.2, 0) is 16.6 Å². The molecule has 0 spiro atoms. The molecule has 2 heterocycles. The summed E-state index contributed by atoms with van der Waals surface area (Å²) in [5, 5.41) is 8.90. The molecular weight excluding hydrogens is 332 g/mol. The molecule has 1 N–H and O–H groups in total. The van der Waals surface area contributed by atoms with E-state index in [9.17, 15) is 13.2 Å². The number of hydrogen-bond acceptors (Lipinski definition) is 6. The lowest BCUT2D eigenvalue weighted by Crippen LogP contribution is -2.35. The Morgan fingerprint density at radius 1 is 1.17 bits per heavy atom. The maximum Gasteiger partial charge on any atom is 0.356 e. The summed E-state index contributed by atoms with van der Waals surface area (Å²) in [5.41, 5.74) is 1.37. The molecule has 9 heteroatoms. The largest absolute Gasteiger partial charge is 0.476 e. The van der Waals surface area contributed by atoms with Gasteiger partial charge in [-0.3, -0.25) is 4.31 Å². The highest BCUT2D eigenvalue weighted by atomic mass is 32.2. The van der Waals surface area contributed by atoms with Crippen LogP contribution in [0.2, 0.25) is 0 Å². The van der Waals surface area contributed by atoms with Gasteiger partial charge in [0.2, 0.25) is 10.0 Å². The minimum atomic E-state index is -3.39. The van der Waals surface area contributed by atoms with E-state index in [2.05, 4.69) is 9.97 Å². The zero-order valence-corrected chi connectivity index (χ0v) is 13.8. The highest BCUT2D eigenvalue weighted by molar-refractivity contribution is 7.92. The zero-order valence-electron chi connectivity index (χ0n) is 13.0. The summed E-state index contributed by atoms with van der Waals surface area (Å²) >= 11 is 0. The molecule has 0 fully saturated rings. The van der Waals surface area contributed by atoms with Crippen LogP contribution < -0.4 is 9.21 Å². The normalized spacial score (nSPS) is 14.9. The average molecular weight is 348 g/mol. The van der Waals surface area contributed by atoms with Crippen LogP contribution in [-0.4, -0.2) is 48.8 Å². The van der Waals surface area contributed by atoms with E-state index in [1.165, 1.54) is 23.0 Å². The Balaban J connectivity index is 1.96. The third-order valence-corrected chi connectivity index (χ3v) is 4.96. The number of nitrogens with zero attached hydrogens (tertiary/aromatic N) is 4. The van der Waals surface area contributed by atoms with E-state index in [4.69, 9.17) is 5.11 Å². The number of sulfonamides is 1. The number of hydrogen-bond donors (Lipinski definition) is 1. The molecule has 0 saturated heterocycles. The minimum absolute atomic E-state index is 0.133. The second-order valence-electron chi connectivity index (χ2n) is 5.45. The minimum Gasteiger partial charge on any atom is -0.476 e. The molecule has 0 unspecified atom stereocenters. The number of carboxylic acids is 1. The fourth-order valence-corrected chi connectivity index (χ4v) is 3.59. The van der Waals surface area contributed by atoms with E-state index in [-0.39, 0.29) is 12.2 Å². The third-order valence-electron chi connectivity index (χ3n) is 3.78. The molecule has 1 aliphatic heterocycles. The summed E-state index contributed by atoms with van der Waals surface area (Å²) in [6.07, 6.45) is 3.77. The number of carbonyl (C=O) groups is 1. The van der Waals surface area contributed by atoms with E-state index >= 15 is 0 Å². The number of carboxylic acid groups (broad SMARTS) is 1. The molecule has 0 bridgehead atoms. The number of rotatable bonds is 3. The lowest BCUT2D eigenvalue weighted by atomic mass is 10.2. The van der Waals surface area contributed by atoms with Gasteiger partial charge in [0.25, 0.3) is 0 Å². The van der Waals surface area contributed by atoms with Gasteiger partial charge in [0, 0.05) is 13.1 Å². The lowest BCUT2D eigenvalue weighted by molar-refractivity contribution is 0.0690. The van der Waals surface area contributed by atoms with Crippen molar-refractivity contribution >= 4 is 27.5 Å². The van der Waals surface area contributed by atoms with Gasteiger partial charge >= 0.3 is 5.97 Å². The van der Waals surface area contributed by atoms with Gasteiger partial charge in [-0.25, -0.2) is 23.2 Å². The summed E-state index contributed by atoms with van der Waals surface area (Å²) in [5.74, 6) is -0.635. The van der Waals surface area contributed by atoms with Gasteiger partial charge < -0.3 is 10.0 Å². The molecule has 0 amide bonds. The molecule has 0 radical (unpaired) electrons. The van der Waals surface area contributed by atoms with Crippen LogP contribution in [0.15, 0.2) is 36.7 Å². The Morgan fingerprint density at radius 2 is 1.92 bits per heavy atom. The van der Waals surface area contributed by atoms with E-state index in [1.54, 1.807) is 12.1 Å². The molecule has 126 valence electrons. The first-order valence-corrected chi connectivity index (χ1v) is 9.07. The van der Waals surface area contributed by atoms with Crippen LogP contribution in [0, 0.1) is 0 Å². The first-order valence-electron chi connectivity index (χ1n) is 7.22. The second kappa shape index (κ2) is 6.08. The average Bonchev–Trinajstić information content (AvgIpc) is 2.74. The van der Waals surface area contributed by atoms with Crippen molar-refractivity contribution in [3.63, 3.8) is 0 Å². The monoisotopic (exact) mass is 348 g/mol. The van der Waals surface area contributed by atoms with E-state index in [0.29, 0.717) is 24.6 Å². The lowest BCUT2D eigenvalue weighted by Gasteiger charge is -2.22. The molecule has 8 nitrogen and oxygen atoms in total. The van der Waals surface area contributed by atoms with Crippen LogP contribution in [0.25, 0.3) is 0 Å². The molecule has 24 heavy (non-hydrogen) atoms. The number of anilines is 2. The van der Waals surface area contributed by atoms with Crippen LogP contribution in [0.3, 0.4) is 0 Å². The zero-order chi connectivity index (χ0) is 17.3. The maximum absolute atomic E-state index is 12.1. The molecule has 3 rings (SSSR count). The first kappa shape index (κ1) is 16.2. The van der Waals surface area contributed by atoms with Gasteiger partial charge in [-0.05, 0) is 11.6 Å². The predicted molar refractivity (Wildman–Crippen MR) is 88.7 cm³/mol. The van der Waals surface area contributed by atoms with Crippen LogP contribution >= 0.6 is 0 Å². The number of fused-ring (bicyclic) bond motifs is 1.